The molecule has 0 bridgehead atoms. The van der Waals surface area contributed by atoms with Crippen molar-refractivity contribution in [3.8, 4) is 0 Å². The van der Waals surface area contributed by atoms with Gasteiger partial charge in [0.05, 0.1) is 0 Å². The number of rotatable bonds is 8. The lowest BCUT2D eigenvalue weighted by Gasteiger charge is -2.13. The highest BCUT2D eigenvalue weighted by molar-refractivity contribution is 5.26. The van der Waals surface area contributed by atoms with Gasteiger partial charge in [-0.3, -0.25) is 0 Å². The number of aryl methyl sites for hydroxylation is 3. The molecule has 0 nitrogen and oxygen atoms in total. The Morgan fingerprint density at radius 3 is 2.23 bits per heavy atom. The van der Waals surface area contributed by atoms with E-state index >= 15 is 0 Å². The SMILES string of the molecule is CCCc1cccc(C(C)CCCc2ccc(CC)cc2)c1. The zero-order valence-corrected chi connectivity index (χ0v) is 14.4. The third-order valence-corrected chi connectivity index (χ3v) is 4.59. The van der Waals surface area contributed by atoms with Crippen LogP contribution in [0.1, 0.15) is 68.2 Å². The van der Waals surface area contributed by atoms with Crippen molar-refractivity contribution in [2.75, 3.05) is 0 Å². The van der Waals surface area contributed by atoms with Crippen molar-refractivity contribution in [1.82, 2.24) is 0 Å². The summed E-state index contributed by atoms with van der Waals surface area (Å²) in [5, 5.41) is 0. The Morgan fingerprint density at radius 2 is 1.55 bits per heavy atom. The third-order valence-electron chi connectivity index (χ3n) is 4.59. The lowest BCUT2D eigenvalue weighted by Crippen LogP contribution is -1.97. The molecular weight excluding hydrogens is 264 g/mol. The van der Waals surface area contributed by atoms with Crippen molar-refractivity contribution in [3.63, 3.8) is 0 Å². The third kappa shape index (κ3) is 5.02. The molecule has 0 N–H and O–H groups in total. The fraction of sp³-hybridized carbons (Fsp3) is 0.455. The van der Waals surface area contributed by atoms with Gasteiger partial charge in [0.2, 0.25) is 0 Å². The molecule has 0 saturated heterocycles. The zero-order chi connectivity index (χ0) is 15.8. The van der Waals surface area contributed by atoms with E-state index in [1.807, 2.05) is 0 Å². The Kier molecular flexibility index (Phi) is 6.71. The van der Waals surface area contributed by atoms with Crippen molar-refractivity contribution < 1.29 is 0 Å². The van der Waals surface area contributed by atoms with Crippen molar-refractivity contribution >= 4 is 0 Å². The Hall–Kier alpha value is -1.56. The van der Waals surface area contributed by atoms with Crippen LogP contribution in [0, 0.1) is 0 Å². The van der Waals surface area contributed by atoms with E-state index in [9.17, 15) is 0 Å². The van der Waals surface area contributed by atoms with Crippen molar-refractivity contribution in [1.29, 1.82) is 0 Å². The second-order valence-electron chi connectivity index (χ2n) is 6.46. The summed E-state index contributed by atoms with van der Waals surface area (Å²) in [6, 6.07) is 18.3. The molecular formula is C22H30. The van der Waals surface area contributed by atoms with Crippen LogP contribution >= 0.6 is 0 Å². The monoisotopic (exact) mass is 294 g/mol. The highest BCUT2D eigenvalue weighted by atomic mass is 14.1. The van der Waals surface area contributed by atoms with Gasteiger partial charge in [0.15, 0.2) is 0 Å². The van der Waals surface area contributed by atoms with E-state index in [1.54, 1.807) is 0 Å². The van der Waals surface area contributed by atoms with Crippen LogP contribution in [0.25, 0.3) is 0 Å². The Morgan fingerprint density at radius 1 is 0.818 bits per heavy atom. The van der Waals surface area contributed by atoms with E-state index in [0.717, 1.165) is 6.42 Å². The van der Waals surface area contributed by atoms with Gasteiger partial charge < -0.3 is 0 Å². The van der Waals surface area contributed by atoms with Crippen LogP contribution in [0.4, 0.5) is 0 Å². The summed E-state index contributed by atoms with van der Waals surface area (Å²) in [6.07, 6.45) is 7.29. The highest BCUT2D eigenvalue weighted by Gasteiger charge is 2.06. The molecule has 0 saturated carbocycles. The van der Waals surface area contributed by atoms with Crippen LogP contribution < -0.4 is 0 Å². The minimum atomic E-state index is 0.659. The van der Waals surface area contributed by atoms with E-state index in [-0.39, 0.29) is 0 Å². The molecule has 1 atom stereocenters. The average molecular weight is 294 g/mol. The molecule has 0 aliphatic carbocycles. The van der Waals surface area contributed by atoms with Gasteiger partial charge in [-0.2, -0.15) is 0 Å². The molecule has 0 spiro atoms. The minimum Gasteiger partial charge on any atom is -0.0651 e. The molecule has 0 heterocycles. The van der Waals surface area contributed by atoms with E-state index in [0.29, 0.717) is 5.92 Å². The lowest BCUT2D eigenvalue weighted by molar-refractivity contribution is 0.632. The standard InChI is InChI=1S/C22H30/c1-4-8-21-11-7-12-22(17-21)18(3)9-6-10-20-15-13-19(5-2)14-16-20/h7,11-18H,4-6,8-10H2,1-3H3. The molecule has 118 valence electrons. The van der Waals surface area contributed by atoms with Gasteiger partial charge >= 0.3 is 0 Å². The van der Waals surface area contributed by atoms with Gasteiger partial charge in [-0.05, 0) is 60.3 Å². The van der Waals surface area contributed by atoms with E-state index in [4.69, 9.17) is 0 Å². The Labute approximate surface area is 136 Å². The molecule has 0 aliphatic rings. The first-order valence-corrected chi connectivity index (χ1v) is 8.89. The molecule has 2 aromatic carbocycles. The summed E-state index contributed by atoms with van der Waals surface area (Å²) < 4.78 is 0. The number of hydrogen-bond donors (Lipinski definition) is 0. The highest BCUT2D eigenvalue weighted by Crippen LogP contribution is 2.23. The summed E-state index contributed by atoms with van der Waals surface area (Å²) in [6.45, 7) is 6.83. The van der Waals surface area contributed by atoms with Gasteiger partial charge in [-0.15, -0.1) is 0 Å². The molecule has 1 unspecified atom stereocenters. The van der Waals surface area contributed by atoms with Crippen LogP contribution in [0.15, 0.2) is 48.5 Å². The second kappa shape index (κ2) is 8.78. The molecule has 0 radical (unpaired) electrons. The molecule has 0 aromatic heterocycles. The maximum atomic E-state index is 2.41. The number of hydrogen-bond acceptors (Lipinski definition) is 0. The maximum Gasteiger partial charge on any atom is -0.0190 e. The van der Waals surface area contributed by atoms with Crippen LogP contribution in [0.3, 0.4) is 0 Å². The van der Waals surface area contributed by atoms with Gasteiger partial charge in [0, 0.05) is 0 Å². The van der Waals surface area contributed by atoms with E-state index in [1.165, 1.54) is 54.4 Å². The molecule has 2 rings (SSSR count). The van der Waals surface area contributed by atoms with Gasteiger partial charge in [-0.25, -0.2) is 0 Å². The first-order valence-electron chi connectivity index (χ1n) is 8.89. The summed E-state index contributed by atoms with van der Waals surface area (Å²) in [4.78, 5) is 0. The van der Waals surface area contributed by atoms with E-state index in [2.05, 4.69) is 69.3 Å². The number of benzene rings is 2. The lowest BCUT2D eigenvalue weighted by atomic mass is 9.92. The normalized spacial score (nSPS) is 12.3. The summed E-state index contributed by atoms with van der Waals surface area (Å²) in [5.74, 6) is 0.659. The van der Waals surface area contributed by atoms with Gasteiger partial charge in [0.25, 0.3) is 0 Å². The van der Waals surface area contributed by atoms with Crippen LogP contribution in [0.5, 0.6) is 0 Å². The Balaban J connectivity index is 1.84. The van der Waals surface area contributed by atoms with Gasteiger partial charge in [0.1, 0.15) is 0 Å². The topological polar surface area (TPSA) is 0 Å². The summed E-state index contributed by atoms with van der Waals surface area (Å²) in [5.41, 5.74) is 5.91. The molecule has 0 aliphatic heterocycles. The van der Waals surface area contributed by atoms with Crippen LogP contribution in [0.2, 0.25) is 0 Å². The first kappa shape index (κ1) is 16.8. The quantitative estimate of drug-likeness (QED) is 0.534. The van der Waals surface area contributed by atoms with Crippen molar-refractivity contribution in [3.05, 3.63) is 70.8 Å². The predicted octanol–water partition coefficient (Wildman–Crippen LogP) is 6.33. The van der Waals surface area contributed by atoms with E-state index < -0.39 is 0 Å². The summed E-state index contributed by atoms with van der Waals surface area (Å²) >= 11 is 0. The molecule has 2 aromatic rings. The second-order valence-corrected chi connectivity index (χ2v) is 6.46. The largest absolute Gasteiger partial charge is 0.0651 e. The first-order chi connectivity index (χ1) is 10.7. The van der Waals surface area contributed by atoms with Crippen molar-refractivity contribution in [2.24, 2.45) is 0 Å². The summed E-state index contributed by atoms with van der Waals surface area (Å²) in [7, 11) is 0. The molecule has 0 fully saturated rings. The zero-order valence-electron chi connectivity index (χ0n) is 14.4. The predicted molar refractivity (Wildman–Crippen MR) is 97.6 cm³/mol. The van der Waals surface area contributed by atoms with Crippen LogP contribution in [-0.2, 0) is 19.3 Å². The van der Waals surface area contributed by atoms with Crippen LogP contribution in [-0.4, -0.2) is 0 Å². The average Bonchev–Trinajstić information content (AvgIpc) is 2.56. The fourth-order valence-corrected chi connectivity index (χ4v) is 3.06. The Bertz CT molecular complexity index is 551. The smallest absolute Gasteiger partial charge is 0.0190 e. The molecule has 22 heavy (non-hydrogen) atoms. The maximum absolute atomic E-state index is 2.41. The van der Waals surface area contributed by atoms with Gasteiger partial charge in [-0.1, -0.05) is 75.7 Å². The van der Waals surface area contributed by atoms with Crippen molar-refractivity contribution in [2.45, 2.75) is 65.2 Å². The fourth-order valence-electron chi connectivity index (χ4n) is 3.06. The molecule has 0 heteroatoms. The minimum absolute atomic E-state index is 0.659. The molecule has 0 amide bonds.